The minimum absolute atomic E-state index is 0.296. The van der Waals surface area contributed by atoms with Gasteiger partial charge in [0, 0.05) is 32.6 Å². The quantitative estimate of drug-likeness (QED) is 0.361. The maximum atomic E-state index is 12.2. The first kappa shape index (κ1) is 18.7. The summed E-state index contributed by atoms with van der Waals surface area (Å²) in [4.78, 5) is 16.7. The Hall–Kier alpha value is -2.66. The molecule has 3 nitrogen and oxygen atoms in total. The monoisotopic (exact) mass is 424 g/mol. The van der Waals surface area contributed by atoms with Gasteiger partial charge in [-0.15, -0.1) is 11.3 Å². The Labute approximate surface area is 176 Å². The van der Waals surface area contributed by atoms with Gasteiger partial charge in [0.15, 0.2) is 5.13 Å². The third-order valence-electron chi connectivity index (χ3n) is 4.18. The molecule has 1 amide bonds. The van der Waals surface area contributed by atoms with Crippen molar-refractivity contribution >= 4 is 62.4 Å². The van der Waals surface area contributed by atoms with Crippen LogP contribution >= 0.6 is 34.5 Å². The summed E-state index contributed by atoms with van der Waals surface area (Å²) in [5.41, 5.74) is 2.44. The third kappa shape index (κ3) is 4.09. The molecule has 0 spiro atoms. The molecule has 138 valence electrons. The fourth-order valence-electron chi connectivity index (χ4n) is 2.79. The molecule has 0 aliphatic heterocycles. The molecule has 0 aliphatic carbocycles. The Morgan fingerprint density at radius 2 is 1.71 bits per heavy atom. The lowest BCUT2D eigenvalue weighted by molar-refractivity contribution is -0.111. The number of halogens is 2. The molecule has 6 heteroatoms. The van der Waals surface area contributed by atoms with Crippen molar-refractivity contribution < 1.29 is 4.79 Å². The van der Waals surface area contributed by atoms with Crippen LogP contribution in [0.5, 0.6) is 0 Å². The molecule has 0 saturated carbocycles. The number of thiazole rings is 1. The SMILES string of the molecule is O=C(/C=C/c1c(Cl)cccc1Cl)Nc1nc(-c2ccc3ccccc3c2)cs1. The molecule has 4 rings (SSSR count). The number of amides is 1. The van der Waals surface area contributed by atoms with E-state index in [-0.39, 0.29) is 5.91 Å². The van der Waals surface area contributed by atoms with Crippen LogP contribution in [0.25, 0.3) is 28.1 Å². The van der Waals surface area contributed by atoms with Crippen LogP contribution in [-0.2, 0) is 4.79 Å². The van der Waals surface area contributed by atoms with Crippen molar-refractivity contribution in [3.05, 3.63) is 87.7 Å². The number of anilines is 1. The number of fused-ring (bicyclic) bond motifs is 1. The third-order valence-corrected chi connectivity index (χ3v) is 5.60. The van der Waals surface area contributed by atoms with E-state index in [2.05, 4.69) is 34.6 Å². The van der Waals surface area contributed by atoms with Gasteiger partial charge in [-0.3, -0.25) is 10.1 Å². The van der Waals surface area contributed by atoms with Gasteiger partial charge in [0.05, 0.1) is 5.69 Å². The van der Waals surface area contributed by atoms with Gasteiger partial charge in [-0.05, 0) is 35.0 Å². The van der Waals surface area contributed by atoms with E-state index >= 15 is 0 Å². The second kappa shape index (κ2) is 8.15. The summed E-state index contributed by atoms with van der Waals surface area (Å²) in [6.07, 6.45) is 2.99. The highest BCUT2D eigenvalue weighted by atomic mass is 35.5. The zero-order chi connectivity index (χ0) is 19.5. The molecule has 0 bridgehead atoms. The molecule has 4 aromatic rings. The molecule has 0 fully saturated rings. The number of benzene rings is 3. The van der Waals surface area contributed by atoms with Crippen LogP contribution in [0, 0.1) is 0 Å². The summed E-state index contributed by atoms with van der Waals surface area (Å²) in [6.45, 7) is 0. The minimum Gasteiger partial charge on any atom is -0.298 e. The first-order valence-electron chi connectivity index (χ1n) is 8.48. The van der Waals surface area contributed by atoms with Gasteiger partial charge < -0.3 is 0 Å². The van der Waals surface area contributed by atoms with Gasteiger partial charge in [-0.2, -0.15) is 0 Å². The predicted octanol–water partition coefficient (Wildman–Crippen LogP) is 6.92. The first-order chi connectivity index (χ1) is 13.6. The topological polar surface area (TPSA) is 42.0 Å². The molecule has 1 heterocycles. The van der Waals surface area contributed by atoms with Crippen molar-refractivity contribution in [3.63, 3.8) is 0 Å². The van der Waals surface area contributed by atoms with E-state index < -0.39 is 0 Å². The maximum absolute atomic E-state index is 12.2. The van der Waals surface area contributed by atoms with E-state index in [9.17, 15) is 4.79 Å². The zero-order valence-corrected chi connectivity index (χ0v) is 16.9. The molecular formula is C22H14Cl2N2OS. The van der Waals surface area contributed by atoms with Gasteiger partial charge in [-0.1, -0.05) is 65.7 Å². The van der Waals surface area contributed by atoms with E-state index in [1.807, 2.05) is 23.6 Å². The van der Waals surface area contributed by atoms with Crippen LogP contribution in [0.4, 0.5) is 5.13 Å². The van der Waals surface area contributed by atoms with Crippen LogP contribution in [0.1, 0.15) is 5.56 Å². The summed E-state index contributed by atoms with van der Waals surface area (Å²) < 4.78 is 0. The number of aromatic nitrogens is 1. The number of carbonyl (C=O) groups excluding carboxylic acids is 1. The van der Waals surface area contributed by atoms with Crippen LogP contribution in [0.15, 0.2) is 72.1 Å². The van der Waals surface area contributed by atoms with Gasteiger partial charge in [0.1, 0.15) is 0 Å². The second-order valence-electron chi connectivity index (χ2n) is 6.06. The maximum Gasteiger partial charge on any atom is 0.250 e. The highest BCUT2D eigenvalue weighted by Gasteiger charge is 2.08. The van der Waals surface area contributed by atoms with E-state index in [0.717, 1.165) is 16.6 Å². The smallest absolute Gasteiger partial charge is 0.250 e. The van der Waals surface area contributed by atoms with Crippen molar-refractivity contribution in [2.45, 2.75) is 0 Å². The molecule has 0 atom stereocenters. The summed E-state index contributed by atoms with van der Waals surface area (Å²) in [5.74, 6) is -0.296. The molecule has 28 heavy (non-hydrogen) atoms. The number of carbonyl (C=O) groups is 1. The van der Waals surface area contributed by atoms with Crippen molar-refractivity contribution in [1.82, 2.24) is 4.98 Å². The molecule has 1 N–H and O–H groups in total. The van der Waals surface area contributed by atoms with Crippen LogP contribution in [-0.4, -0.2) is 10.9 Å². The summed E-state index contributed by atoms with van der Waals surface area (Å²) in [7, 11) is 0. The van der Waals surface area contributed by atoms with Crippen LogP contribution in [0.2, 0.25) is 10.0 Å². The molecule has 0 saturated heterocycles. The summed E-state index contributed by atoms with van der Waals surface area (Å²) in [5, 5.41) is 8.54. The minimum atomic E-state index is -0.296. The van der Waals surface area contributed by atoms with Crippen LogP contribution < -0.4 is 5.32 Å². The number of rotatable bonds is 4. The Morgan fingerprint density at radius 1 is 0.964 bits per heavy atom. The van der Waals surface area contributed by atoms with Gasteiger partial charge in [0.25, 0.3) is 0 Å². The second-order valence-corrected chi connectivity index (χ2v) is 7.73. The van der Waals surface area contributed by atoms with Gasteiger partial charge in [0.2, 0.25) is 5.91 Å². The normalized spacial score (nSPS) is 11.2. The molecule has 0 unspecified atom stereocenters. The number of nitrogens with zero attached hydrogens (tertiary/aromatic N) is 1. The van der Waals surface area contributed by atoms with Gasteiger partial charge in [-0.25, -0.2) is 4.98 Å². The molecule has 1 aromatic heterocycles. The van der Waals surface area contributed by atoms with Crippen LogP contribution in [0.3, 0.4) is 0 Å². The number of hydrogen-bond acceptors (Lipinski definition) is 3. The molecule has 0 aliphatic rings. The Kier molecular flexibility index (Phi) is 5.44. The number of hydrogen-bond donors (Lipinski definition) is 1. The lowest BCUT2D eigenvalue weighted by Crippen LogP contribution is -2.07. The van der Waals surface area contributed by atoms with E-state index in [0.29, 0.717) is 20.7 Å². The van der Waals surface area contributed by atoms with Crippen molar-refractivity contribution in [3.8, 4) is 11.3 Å². The van der Waals surface area contributed by atoms with Crippen molar-refractivity contribution in [2.24, 2.45) is 0 Å². The lowest BCUT2D eigenvalue weighted by atomic mass is 10.1. The summed E-state index contributed by atoms with van der Waals surface area (Å²) >= 11 is 13.6. The Bertz CT molecular complexity index is 1180. The highest BCUT2D eigenvalue weighted by molar-refractivity contribution is 7.14. The largest absolute Gasteiger partial charge is 0.298 e. The Morgan fingerprint density at radius 3 is 2.50 bits per heavy atom. The average molecular weight is 425 g/mol. The van der Waals surface area contributed by atoms with E-state index in [4.69, 9.17) is 23.2 Å². The van der Waals surface area contributed by atoms with Crippen molar-refractivity contribution in [2.75, 3.05) is 5.32 Å². The van der Waals surface area contributed by atoms with Crippen molar-refractivity contribution in [1.29, 1.82) is 0 Å². The van der Waals surface area contributed by atoms with E-state index in [1.54, 1.807) is 24.3 Å². The fourth-order valence-corrected chi connectivity index (χ4v) is 4.03. The molecule has 0 radical (unpaired) electrons. The standard InChI is InChI=1S/C22H14Cl2N2OS/c23-18-6-3-7-19(24)17(18)10-11-21(27)26-22-25-20(13-28-22)16-9-8-14-4-1-2-5-15(14)12-16/h1-13H,(H,25,26,27)/b11-10+. The fraction of sp³-hybridized carbons (Fsp3) is 0. The number of nitrogens with one attached hydrogen (secondary N) is 1. The summed E-state index contributed by atoms with van der Waals surface area (Å²) in [6, 6.07) is 19.6. The highest BCUT2D eigenvalue weighted by Crippen LogP contribution is 2.28. The molecule has 3 aromatic carbocycles. The predicted molar refractivity (Wildman–Crippen MR) is 119 cm³/mol. The first-order valence-corrected chi connectivity index (χ1v) is 10.1. The van der Waals surface area contributed by atoms with Gasteiger partial charge >= 0.3 is 0 Å². The van der Waals surface area contributed by atoms with E-state index in [1.165, 1.54) is 22.8 Å². The Balaban J connectivity index is 1.49. The lowest BCUT2D eigenvalue weighted by Gasteiger charge is -2.01. The molecular weight excluding hydrogens is 411 g/mol. The zero-order valence-electron chi connectivity index (χ0n) is 14.5. The average Bonchev–Trinajstić information content (AvgIpc) is 3.15.